The van der Waals surface area contributed by atoms with Crippen LogP contribution in [0.15, 0.2) is 30.3 Å². The Hall–Kier alpha value is -1.55. The van der Waals surface area contributed by atoms with Crippen molar-refractivity contribution in [3.63, 3.8) is 0 Å². The van der Waals surface area contributed by atoms with Crippen LogP contribution in [-0.4, -0.2) is 30.9 Å². The molecule has 0 aromatic heterocycles. The molecule has 1 aromatic rings. The van der Waals surface area contributed by atoms with Crippen LogP contribution in [0.25, 0.3) is 0 Å². The number of nitrogens with zero attached hydrogens (tertiary/aromatic N) is 1. The van der Waals surface area contributed by atoms with Gasteiger partial charge in [0.2, 0.25) is 0 Å². The molecule has 1 aromatic carbocycles. The second kappa shape index (κ2) is 4.99. The number of para-hydroxylation sites is 1. The zero-order valence-corrected chi connectivity index (χ0v) is 9.26. The summed E-state index contributed by atoms with van der Waals surface area (Å²) in [5, 5.41) is 0. The average molecular weight is 221 g/mol. The van der Waals surface area contributed by atoms with E-state index in [9.17, 15) is 4.79 Å². The maximum atomic E-state index is 11.8. The molecule has 1 aliphatic heterocycles. The lowest BCUT2D eigenvalue weighted by Gasteiger charge is -2.22. The Balaban J connectivity index is 1.98. The first kappa shape index (κ1) is 11.0. The Labute approximate surface area is 94.8 Å². The summed E-state index contributed by atoms with van der Waals surface area (Å²) in [6.07, 6.45) is 1.36. The largest absolute Gasteiger partial charge is 0.417 e. The van der Waals surface area contributed by atoms with Crippen LogP contribution >= 0.6 is 0 Å². The Morgan fingerprint density at radius 3 is 2.81 bits per heavy atom. The lowest BCUT2D eigenvalue weighted by Crippen LogP contribution is -2.38. The third kappa shape index (κ3) is 2.33. The van der Waals surface area contributed by atoms with Crippen LogP contribution in [0.1, 0.15) is 12.8 Å². The minimum atomic E-state index is -0.337. The van der Waals surface area contributed by atoms with Gasteiger partial charge in [-0.2, -0.15) is 0 Å². The maximum Gasteiger partial charge on any atom is 0.417 e. The van der Waals surface area contributed by atoms with E-state index in [0.717, 1.165) is 12.8 Å². The first-order valence-corrected chi connectivity index (χ1v) is 5.37. The van der Waals surface area contributed by atoms with Crippen molar-refractivity contribution in [2.45, 2.75) is 19.1 Å². The summed E-state index contributed by atoms with van der Waals surface area (Å²) in [4.78, 5) is 13.4. The predicted molar refractivity (Wildman–Crippen MR) is 59.2 cm³/mol. The van der Waals surface area contributed by atoms with E-state index in [1.54, 1.807) is 24.1 Å². The molecule has 86 valence electrons. The molecular weight excluding hydrogens is 206 g/mol. The molecular formula is C12H15NO3. The number of benzene rings is 1. The maximum absolute atomic E-state index is 11.8. The number of rotatable bonds is 2. The standard InChI is InChI=1S/C12H15NO3/c1-15-11-8-5-9-13(11)12(14)16-10-6-3-2-4-7-10/h2-4,6-7,11H,5,8-9H2,1H3/t11-/m0/s1. The van der Waals surface area contributed by atoms with Gasteiger partial charge >= 0.3 is 6.09 Å². The van der Waals surface area contributed by atoms with E-state index >= 15 is 0 Å². The van der Waals surface area contributed by atoms with Crippen molar-refractivity contribution < 1.29 is 14.3 Å². The first-order chi connectivity index (χ1) is 7.81. The van der Waals surface area contributed by atoms with Gasteiger partial charge in [-0.05, 0) is 25.0 Å². The molecule has 1 aliphatic rings. The van der Waals surface area contributed by atoms with Crippen molar-refractivity contribution in [3.8, 4) is 5.75 Å². The molecule has 1 amide bonds. The number of carbonyl (C=O) groups is 1. The van der Waals surface area contributed by atoms with E-state index in [2.05, 4.69) is 0 Å². The van der Waals surface area contributed by atoms with Crippen molar-refractivity contribution in [3.05, 3.63) is 30.3 Å². The topological polar surface area (TPSA) is 38.8 Å². The molecule has 0 N–H and O–H groups in total. The first-order valence-electron chi connectivity index (χ1n) is 5.37. The van der Waals surface area contributed by atoms with Gasteiger partial charge in [0.25, 0.3) is 0 Å². The second-order valence-electron chi connectivity index (χ2n) is 3.71. The minimum absolute atomic E-state index is 0.142. The zero-order valence-electron chi connectivity index (χ0n) is 9.26. The third-order valence-corrected chi connectivity index (χ3v) is 2.65. The lowest BCUT2D eigenvalue weighted by molar-refractivity contribution is 0.00653. The quantitative estimate of drug-likeness (QED) is 0.768. The Bertz CT molecular complexity index is 353. The van der Waals surface area contributed by atoms with Crippen LogP contribution in [0.4, 0.5) is 4.79 Å². The molecule has 2 rings (SSSR count). The summed E-state index contributed by atoms with van der Waals surface area (Å²) in [7, 11) is 1.61. The van der Waals surface area contributed by atoms with Gasteiger partial charge in [-0.15, -0.1) is 0 Å². The molecule has 1 fully saturated rings. The van der Waals surface area contributed by atoms with Crippen LogP contribution in [0.3, 0.4) is 0 Å². The van der Waals surface area contributed by atoms with Crippen LogP contribution in [0.5, 0.6) is 5.75 Å². The van der Waals surface area contributed by atoms with E-state index in [4.69, 9.17) is 9.47 Å². The summed E-state index contributed by atoms with van der Waals surface area (Å²) in [6, 6.07) is 9.07. The Morgan fingerprint density at radius 2 is 2.12 bits per heavy atom. The molecule has 0 saturated carbocycles. The molecule has 0 aliphatic carbocycles. The van der Waals surface area contributed by atoms with Crippen LogP contribution < -0.4 is 4.74 Å². The van der Waals surface area contributed by atoms with Gasteiger partial charge in [0.15, 0.2) is 0 Å². The monoisotopic (exact) mass is 221 g/mol. The zero-order chi connectivity index (χ0) is 11.4. The van der Waals surface area contributed by atoms with E-state index in [1.165, 1.54) is 0 Å². The molecule has 0 radical (unpaired) electrons. The van der Waals surface area contributed by atoms with Crippen molar-refractivity contribution in [2.24, 2.45) is 0 Å². The lowest BCUT2D eigenvalue weighted by atomic mass is 10.3. The highest BCUT2D eigenvalue weighted by Crippen LogP contribution is 2.19. The fraction of sp³-hybridized carbons (Fsp3) is 0.417. The van der Waals surface area contributed by atoms with Gasteiger partial charge in [-0.25, -0.2) is 4.79 Å². The van der Waals surface area contributed by atoms with Crippen molar-refractivity contribution >= 4 is 6.09 Å². The van der Waals surface area contributed by atoms with E-state index in [0.29, 0.717) is 12.3 Å². The highest BCUT2D eigenvalue weighted by atomic mass is 16.6. The summed E-state index contributed by atoms with van der Waals surface area (Å²) >= 11 is 0. The van der Waals surface area contributed by atoms with E-state index in [-0.39, 0.29) is 12.3 Å². The summed E-state index contributed by atoms with van der Waals surface area (Å²) in [5.74, 6) is 0.564. The highest BCUT2D eigenvalue weighted by Gasteiger charge is 2.29. The normalized spacial score (nSPS) is 19.8. The van der Waals surface area contributed by atoms with Gasteiger partial charge in [-0.1, -0.05) is 18.2 Å². The molecule has 1 atom stereocenters. The molecule has 0 unspecified atom stereocenters. The fourth-order valence-corrected chi connectivity index (χ4v) is 1.84. The number of likely N-dealkylation sites (tertiary alicyclic amines) is 1. The van der Waals surface area contributed by atoms with Gasteiger partial charge in [0.1, 0.15) is 12.0 Å². The smallest absolute Gasteiger partial charge is 0.410 e. The van der Waals surface area contributed by atoms with Gasteiger partial charge in [-0.3, -0.25) is 4.90 Å². The number of methoxy groups -OCH3 is 1. The average Bonchev–Trinajstić information content (AvgIpc) is 2.78. The number of carbonyl (C=O) groups excluding carboxylic acids is 1. The second-order valence-corrected chi connectivity index (χ2v) is 3.71. The molecule has 1 saturated heterocycles. The Kier molecular flexibility index (Phi) is 3.41. The van der Waals surface area contributed by atoms with Gasteiger partial charge in [0, 0.05) is 13.7 Å². The molecule has 1 heterocycles. The van der Waals surface area contributed by atoms with Gasteiger partial charge < -0.3 is 9.47 Å². The predicted octanol–water partition coefficient (Wildman–Crippen LogP) is 2.25. The third-order valence-electron chi connectivity index (χ3n) is 2.65. The SMILES string of the molecule is CO[C@H]1CCCN1C(=O)Oc1ccccc1. The van der Waals surface area contributed by atoms with E-state index in [1.807, 2.05) is 18.2 Å². The molecule has 0 bridgehead atoms. The van der Waals surface area contributed by atoms with Gasteiger partial charge in [0.05, 0.1) is 0 Å². The summed E-state index contributed by atoms with van der Waals surface area (Å²) < 4.78 is 10.4. The van der Waals surface area contributed by atoms with Crippen LogP contribution in [0.2, 0.25) is 0 Å². The van der Waals surface area contributed by atoms with Crippen molar-refractivity contribution in [1.82, 2.24) is 4.90 Å². The number of ether oxygens (including phenoxy) is 2. The van der Waals surface area contributed by atoms with E-state index < -0.39 is 0 Å². The fourth-order valence-electron chi connectivity index (χ4n) is 1.84. The molecule has 0 spiro atoms. The Morgan fingerprint density at radius 1 is 1.38 bits per heavy atom. The molecule has 16 heavy (non-hydrogen) atoms. The summed E-state index contributed by atoms with van der Waals surface area (Å²) in [6.45, 7) is 0.699. The van der Waals surface area contributed by atoms with Crippen LogP contribution in [-0.2, 0) is 4.74 Å². The van der Waals surface area contributed by atoms with Crippen molar-refractivity contribution in [1.29, 1.82) is 0 Å². The minimum Gasteiger partial charge on any atom is -0.410 e. The van der Waals surface area contributed by atoms with Crippen LogP contribution in [0, 0.1) is 0 Å². The molecule has 4 nitrogen and oxygen atoms in total. The number of amides is 1. The highest BCUT2D eigenvalue weighted by molar-refractivity contribution is 5.71. The number of hydrogen-bond acceptors (Lipinski definition) is 3. The summed E-state index contributed by atoms with van der Waals surface area (Å²) in [5.41, 5.74) is 0. The van der Waals surface area contributed by atoms with Crippen molar-refractivity contribution in [2.75, 3.05) is 13.7 Å². The number of hydrogen-bond donors (Lipinski definition) is 0. The molecule has 4 heteroatoms.